The quantitative estimate of drug-likeness (QED) is 0.634. The van der Waals surface area contributed by atoms with Gasteiger partial charge in [0.2, 0.25) is 0 Å². The molecular weight excluding hydrogens is 174 g/mol. The number of rotatable bonds is 7. The molecule has 0 aliphatic heterocycles. The average molecular weight is 191 g/mol. The zero-order chi connectivity index (χ0) is 9.40. The summed E-state index contributed by atoms with van der Waals surface area (Å²) in [7, 11) is 0. The first-order valence-electron chi connectivity index (χ1n) is 4.19. The Morgan fingerprint density at radius 2 is 2.33 bits per heavy atom. The highest BCUT2D eigenvalue weighted by Crippen LogP contribution is 2.00. The highest BCUT2D eigenvalue weighted by molar-refractivity contribution is 7.99. The molecule has 0 bridgehead atoms. The third-order valence-electron chi connectivity index (χ3n) is 1.40. The molecule has 0 aromatic carbocycles. The van der Waals surface area contributed by atoms with Gasteiger partial charge in [0.05, 0.1) is 6.42 Å². The highest BCUT2D eigenvalue weighted by Gasteiger charge is 2.01. The second-order valence-corrected chi connectivity index (χ2v) is 3.98. The Bertz CT molecular complexity index is 130. The number of hydrogen-bond acceptors (Lipinski definition) is 3. The summed E-state index contributed by atoms with van der Waals surface area (Å²) in [6.07, 6.45) is 0.209. The van der Waals surface area contributed by atoms with Crippen LogP contribution in [-0.4, -0.2) is 35.2 Å². The van der Waals surface area contributed by atoms with Gasteiger partial charge in [0, 0.05) is 18.3 Å². The Morgan fingerprint density at radius 3 is 2.83 bits per heavy atom. The van der Waals surface area contributed by atoms with Crippen molar-refractivity contribution in [2.45, 2.75) is 26.3 Å². The van der Waals surface area contributed by atoms with Gasteiger partial charge in [-0.1, -0.05) is 6.92 Å². The molecule has 0 aromatic rings. The van der Waals surface area contributed by atoms with E-state index >= 15 is 0 Å². The van der Waals surface area contributed by atoms with Crippen LogP contribution in [0.5, 0.6) is 0 Å². The fourth-order valence-electron chi connectivity index (χ4n) is 0.779. The number of hydrogen-bond donors (Lipinski definition) is 2. The number of carboxylic acid groups (broad SMARTS) is 1. The average Bonchev–Trinajstić information content (AvgIpc) is 2.00. The van der Waals surface area contributed by atoms with Crippen LogP contribution in [0.25, 0.3) is 0 Å². The molecule has 0 fully saturated rings. The van der Waals surface area contributed by atoms with E-state index in [0.29, 0.717) is 12.6 Å². The Kier molecular flexibility index (Phi) is 7.29. The molecule has 2 N–H and O–H groups in total. The van der Waals surface area contributed by atoms with E-state index in [1.165, 1.54) is 0 Å². The third kappa shape index (κ3) is 7.88. The van der Waals surface area contributed by atoms with Crippen molar-refractivity contribution in [3.05, 3.63) is 0 Å². The van der Waals surface area contributed by atoms with Gasteiger partial charge in [-0.25, -0.2) is 0 Å². The molecule has 0 heterocycles. The summed E-state index contributed by atoms with van der Waals surface area (Å²) in [6.45, 7) is 4.76. The summed E-state index contributed by atoms with van der Waals surface area (Å²) in [5, 5.41) is 11.5. The normalized spacial score (nSPS) is 12.8. The molecule has 1 unspecified atom stereocenters. The predicted molar refractivity (Wildman–Crippen MR) is 52.7 cm³/mol. The molecule has 0 radical (unpaired) electrons. The standard InChI is InChI=1S/C8H17NO2S/c1-3-12-6-7(2)9-5-4-8(10)11/h7,9H,3-6H2,1-2H3,(H,10,11). The van der Waals surface area contributed by atoms with Crippen LogP contribution in [0.4, 0.5) is 0 Å². The molecule has 0 saturated carbocycles. The van der Waals surface area contributed by atoms with Crippen LogP contribution >= 0.6 is 11.8 Å². The minimum atomic E-state index is -0.738. The topological polar surface area (TPSA) is 49.3 Å². The molecule has 1 atom stereocenters. The van der Waals surface area contributed by atoms with Crippen molar-refractivity contribution in [3.63, 3.8) is 0 Å². The lowest BCUT2D eigenvalue weighted by Crippen LogP contribution is -2.30. The number of aliphatic carboxylic acids is 1. The van der Waals surface area contributed by atoms with Gasteiger partial charge in [-0.05, 0) is 12.7 Å². The first-order valence-corrected chi connectivity index (χ1v) is 5.35. The largest absolute Gasteiger partial charge is 0.481 e. The number of carbonyl (C=O) groups is 1. The molecule has 0 saturated heterocycles. The maximum Gasteiger partial charge on any atom is 0.304 e. The van der Waals surface area contributed by atoms with E-state index in [4.69, 9.17) is 5.11 Å². The van der Waals surface area contributed by atoms with Gasteiger partial charge >= 0.3 is 5.97 Å². The minimum Gasteiger partial charge on any atom is -0.481 e. The summed E-state index contributed by atoms with van der Waals surface area (Å²) in [6, 6.07) is 0.411. The van der Waals surface area contributed by atoms with Crippen molar-refractivity contribution < 1.29 is 9.90 Å². The third-order valence-corrected chi connectivity index (χ3v) is 2.55. The van der Waals surface area contributed by atoms with Crippen molar-refractivity contribution in [2.75, 3.05) is 18.1 Å². The van der Waals surface area contributed by atoms with Crippen LogP contribution in [0.1, 0.15) is 20.3 Å². The maximum absolute atomic E-state index is 10.1. The molecule has 4 heteroatoms. The lowest BCUT2D eigenvalue weighted by molar-refractivity contribution is -0.136. The van der Waals surface area contributed by atoms with E-state index in [2.05, 4.69) is 19.2 Å². The zero-order valence-corrected chi connectivity index (χ0v) is 8.49. The molecule has 3 nitrogen and oxygen atoms in total. The van der Waals surface area contributed by atoms with Gasteiger partial charge in [0.15, 0.2) is 0 Å². The molecule has 0 aliphatic rings. The lowest BCUT2D eigenvalue weighted by atomic mass is 10.3. The molecule has 12 heavy (non-hydrogen) atoms. The number of thioether (sulfide) groups is 1. The van der Waals surface area contributed by atoms with Crippen molar-refractivity contribution in [3.8, 4) is 0 Å². The summed E-state index contributed by atoms with van der Waals surface area (Å²) in [4.78, 5) is 10.1. The van der Waals surface area contributed by atoms with Crippen LogP contribution in [0.15, 0.2) is 0 Å². The van der Waals surface area contributed by atoms with E-state index in [0.717, 1.165) is 11.5 Å². The molecule has 72 valence electrons. The van der Waals surface area contributed by atoms with Crippen LogP contribution < -0.4 is 5.32 Å². The first kappa shape index (κ1) is 11.8. The monoisotopic (exact) mass is 191 g/mol. The molecule has 0 aliphatic carbocycles. The summed E-state index contributed by atoms with van der Waals surface area (Å²) >= 11 is 1.87. The maximum atomic E-state index is 10.1. The number of nitrogens with one attached hydrogen (secondary N) is 1. The van der Waals surface area contributed by atoms with Gasteiger partial charge in [0.25, 0.3) is 0 Å². The SMILES string of the molecule is CCSCC(C)NCCC(=O)O. The Balaban J connectivity index is 3.19. The first-order chi connectivity index (χ1) is 5.66. The van der Waals surface area contributed by atoms with Crippen LogP contribution in [0.3, 0.4) is 0 Å². The van der Waals surface area contributed by atoms with E-state index in [9.17, 15) is 4.79 Å². The van der Waals surface area contributed by atoms with E-state index in [-0.39, 0.29) is 6.42 Å². The lowest BCUT2D eigenvalue weighted by Gasteiger charge is -2.11. The minimum absolute atomic E-state index is 0.209. The fourth-order valence-corrected chi connectivity index (χ4v) is 1.49. The van der Waals surface area contributed by atoms with Crippen LogP contribution in [-0.2, 0) is 4.79 Å². The van der Waals surface area contributed by atoms with Gasteiger partial charge in [-0.2, -0.15) is 11.8 Å². The van der Waals surface area contributed by atoms with Crippen LogP contribution in [0.2, 0.25) is 0 Å². The van der Waals surface area contributed by atoms with E-state index in [1.807, 2.05) is 11.8 Å². The predicted octanol–water partition coefficient (Wildman–Crippen LogP) is 1.19. The number of carboxylic acids is 1. The molecule has 0 rings (SSSR count). The van der Waals surface area contributed by atoms with Gasteiger partial charge < -0.3 is 10.4 Å². The van der Waals surface area contributed by atoms with Gasteiger partial charge in [-0.15, -0.1) is 0 Å². The molecule has 0 spiro atoms. The van der Waals surface area contributed by atoms with Crippen molar-refractivity contribution in [2.24, 2.45) is 0 Å². The van der Waals surface area contributed by atoms with Crippen molar-refractivity contribution >= 4 is 17.7 Å². The second-order valence-electron chi connectivity index (χ2n) is 2.66. The zero-order valence-electron chi connectivity index (χ0n) is 7.67. The van der Waals surface area contributed by atoms with E-state index < -0.39 is 5.97 Å². The summed E-state index contributed by atoms with van der Waals surface area (Å²) in [5.74, 6) is 1.43. The smallest absolute Gasteiger partial charge is 0.304 e. The molecular formula is C8H17NO2S. The van der Waals surface area contributed by atoms with Gasteiger partial charge in [0.1, 0.15) is 0 Å². The highest BCUT2D eigenvalue weighted by atomic mass is 32.2. The summed E-state index contributed by atoms with van der Waals surface area (Å²) < 4.78 is 0. The molecule has 0 amide bonds. The van der Waals surface area contributed by atoms with Crippen LogP contribution in [0, 0.1) is 0 Å². The Labute approximate surface area is 77.9 Å². The van der Waals surface area contributed by atoms with Crippen molar-refractivity contribution in [1.29, 1.82) is 0 Å². The Hall–Kier alpha value is -0.220. The van der Waals surface area contributed by atoms with Gasteiger partial charge in [-0.3, -0.25) is 4.79 Å². The van der Waals surface area contributed by atoms with E-state index in [1.54, 1.807) is 0 Å². The fraction of sp³-hybridized carbons (Fsp3) is 0.875. The Morgan fingerprint density at radius 1 is 1.67 bits per heavy atom. The van der Waals surface area contributed by atoms with Crippen molar-refractivity contribution in [1.82, 2.24) is 5.32 Å². The summed E-state index contributed by atoms with van der Waals surface area (Å²) in [5.41, 5.74) is 0. The second kappa shape index (κ2) is 7.43. The molecule has 0 aromatic heterocycles.